The molecule has 4 rings (SSSR count). The van der Waals surface area contributed by atoms with E-state index in [9.17, 15) is 8.78 Å². The zero-order valence-corrected chi connectivity index (χ0v) is 17.3. The number of benzene rings is 2. The molecule has 152 valence electrons. The van der Waals surface area contributed by atoms with E-state index in [1.165, 1.54) is 47.9 Å². The molecule has 1 N–H and O–H groups in total. The van der Waals surface area contributed by atoms with Gasteiger partial charge in [-0.25, -0.2) is 8.78 Å². The molecular formula is C23H25F2N3S. The molecule has 0 atom stereocenters. The lowest BCUT2D eigenvalue weighted by atomic mass is 9.94. The highest BCUT2D eigenvalue weighted by Crippen LogP contribution is 2.28. The lowest BCUT2D eigenvalue weighted by Gasteiger charge is -2.36. The molecule has 0 aliphatic heterocycles. The predicted octanol–water partition coefficient (Wildman–Crippen LogP) is 5.99. The number of anilines is 1. The van der Waals surface area contributed by atoms with Crippen molar-refractivity contribution < 1.29 is 8.78 Å². The van der Waals surface area contributed by atoms with Crippen LogP contribution in [0.5, 0.6) is 0 Å². The number of aromatic nitrogens is 1. The van der Waals surface area contributed by atoms with Crippen LogP contribution < -0.4 is 5.32 Å². The van der Waals surface area contributed by atoms with Gasteiger partial charge in [0, 0.05) is 48.5 Å². The third-order valence-corrected chi connectivity index (χ3v) is 6.05. The number of thiocarbonyl (C=S) groups is 1. The number of nitrogens with zero attached hydrogens (tertiary/aromatic N) is 2. The molecule has 29 heavy (non-hydrogen) atoms. The van der Waals surface area contributed by atoms with Gasteiger partial charge in [0.2, 0.25) is 0 Å². The number of rotatable bonds is 4. The largest absolute Gasteiger partial charge is 0.350 e. The van der Waals surface area contributed by atoms with Gasteiger partial charge in [-0.05, 0) is 48.8 Å². The average molecular weight is 414 g/mol. The van der Waals surface area contributed by atoms with Crippen LogP contribution in [0.3, 0.4) is 0 Å². The topological polar surface area (TPSA) is 20.2 Å². The van der Waals surface area contributed by atoms with Crippen molar-refractivity contribution in [2.75, 3.05) is 5.32 Å². The van der Waals surface area contributed by atoms with Gasteiger partial charge in [-0.15, -0.1) is 0 Å². The van der Waals surface area contributed by atoms with Crippen molar-refractivity contribution in [3.05, 3.63) is 65.9 Å². The van der Waals surface area contributed by atoms with Crippen molar-refractivity contribution in [3.8, 4) is 0 Å². The SMILES string of the molecule is Cn1cc(CN(C(=S)Nc2cc(F)cc(F)c2)C2CCCCC2)c2ccccc21. The predicted molar refractivity (Wildman–Crippen MR) is 118 cm³/mol. The Kier molecular flexibility index (Phi) is 5.81. The highest BCUT2D eigenvalue weighted by molar-refractivity contribution is 7.80. The summed E-state index contributed by atoms with van der Waals surface area (Å²) in [7, 11) is 2.04. The fraction of sp³-hybridized carbons (Fsp3) is 0.348. The van der Waals surface area contributed by atoms with Crippen molar-refractivity contribution in [2.45, 2.75) is 44.7 Å². The molecule has 6 heteroatoms. The van der Waals surface area contributed by atoms with Crippen molar-refractivity contribution in [1.82, 2.24) is 9.47 Å². The lowest BCUT2D eigenvalue weighted by molar-refractivity contribution is 0.241. The van der Waals surface area contributed by atoms with Gasteiger partial charge < -0.3 is 14.8 Å². The molecular weight excluding hydrogens is 388 g/mol. The molecule has 0 unspecified atom stereocenters. The Bertz CT molecular complexity index is 1000. The fourth-order valence-corrected chi connectivity index (χ4v) is 4.65. The van der Waals surface area contributed by atoms with Gasteiger partial charge in [0.05, 0.1) is 0 Å². The zero-order valence-electron chi connectivity index (χ0n) is 16.5. The first-order valence-corrected chi connectivity index (χ1v) is 10.5. The molecule has 3 aromatic rings. The van der Waals surface area contributed by atoms with Crippen LogP contribution in [0.4, 0.5) is 14.5 Å². The average Bonchev–Trinajstić information content (AvgIpc) is 3.02. The minimum Gasteiger partial charge on any atom is -0.350 e. The molecule has 0 radical (unpaired) electrons. The number of para-hydroxylation sites is 1. The Hall–Kier alpha value is -2.47. The summed E-state index contributed by atoms with van der Waals surface area (Å²) in [5.74, 6) is -1.23. The summed E-state index contributed by atoms with van der Waals surface area (Å²) in [5, 5.41) is 4.78. The van der Waals surface area contributed by atoms with E-state index in [1.54, 1.807) is 0 Å². The second kappa shape index (κ2) is 8.49. The first-order chi connectivity index (χ1) is 14.0. The van der Waals surface area contributed by atoms with Gasteiger partial charge >= 0.3 is 0 Å². The number of aryl methyl sites for hydroxylation is 1. The van der Waals surface area contributed by atoms with Gasteiger partial charge in [-0.1, -0.05) is 37.5 Å². The van der Waals surface area contributed by atoms with Gasteiger partial charge in [-0.3, -0.25) is 0 Å². The molecule has 0 saturated heterocycles. The summed E-state index contributed by atoms with van der Waals surface area (Å²) in [6.45, 7) is 0.662. The minimum atomic E-state index is -0.617. The summed E-state index contributed by atoms with van der Waals surface area (Å²) in [6.07, 6.45) is 7.88. The monoisotopic (exact) mass is 413 g/mol. The molecule has 0 amide bonds. The Balaban J connectivity index is 1.63. The van der Waals surface area contributed by atoms with E-state index in [0.717, 1.165) is 18.9 Å². The molecule has 2 aromatic carbocycles. The van der Waals surface area contributed by atoms with Crippen LogP contribution in [-0.2, 0) is 13.6 Å². The van der Waals surface area contributed by atoms with Crippen LogP contribution in [0.1, 0.15) is 37.7 Å². The van der Waals surface area contributed by atoms with Gasteiger partial charge in [-0.2, -0.15) is 0 Å². The normalized spacial score (nSPS) is 14.9. The van der Waals surface area contributed by atoms with Gasteiger partial charge in [0.25, 0.3) is 0 Å². The van der Waals surface area contributed by atoms with Gasteiger partial charge in [0.1, 0.15) is 11.6 Å². The van der Waals surface area contributed by atoms with E-state index >= 15 is 0 Å². The highest BCUT2D eigenvalue weighted by Gasteiger charge is 2.25. The molecule has 1 aromatic heterocycles. The molecule has 0 spiro atoms. The third kappa shape index (κ3) is 4.42. The van der Waals surface area contributed by atoms with Gasteiger partial charge in [0.15, 0.2) is 5.11 Å². The summed E-state index contributed by atoms with van der Waals surface area (Å²) < 4.78 is 29.4. The van der Waals surface area contributed by atoms with Crippen molar-refractivity contribution >= 4 is 33.9 Å². The van der Waals surface area contributed by atoms with E-state index in [1.807, 2.05) is 19.2 Å². The van der Waals surface area contributed by atoms with E-state index in [-0.39, 0.29) is 0 Å². The Morgan fingerprint density at radius 3 is 2.52 bits per heavy atom. The lowest BCUT2D eigenvalue weighted by Crippen LogP contribution is -2.43. The van der Waals surface area contributed by atoms with E-state index < -0.39 is 11.6 Å². The second-order valence-electron chi connectivity index (χ2n) is 7.79. The van der Waals surface area contributed by atoms with E-state index in [0.29, 0.717) is 23.4 Å². The molecule has 1 heterocycles. The fourth-order valence-electron chi connectivity index (χ4n) is 4.32. The maximum atomic E-state index is 13.6. The summed E-state index contributed by atoms with van der Waals surface area (Å²) >= 11 is 5.72. The molecule has 1 saturated carbocycles. The number of halogens is 2. The summed E-state index contributed by atoms with van der Waals surface area (Å²) in [5.41, 5.74) is 2.71. The Labute approximate surface area is 175 Å². The van der Waals surface area contributed by atoms with Crippen LogP contribution in [0.2, 0.25) is 0 Å². The van der Waals surface area contributed by atoms with E-state index in [4.69, 9.17) is 12.2 Å². The number of hydrogen-bond donors (Lipinski definition) is 1. The maximum Gasteiger partial charge on any atom is 0.173 e. The quantitative estimate of drug-likeness (QED) is 0.531. The van der Waals surface area contributed by atoms with E-state index in [2.05, 4.69) is 33.1 Å². The van der Waals surface area contributed by atoms with Crippen molar-refractivity contribution in [1.29, 1.82) is 0 Å². The van der Waals surface area contributed by atoms with Crippen LogP contribution >= 0.6 is 12.2 Å². The third-order valence-electron chi connectivity index (χ3n) is 5.71. The number of fused-ring (bicyclic) bond motifs is 1. The molecule has 1 aliphatic carbocycles. The highest BCUT2D eigenvalue weighted by atomic mass is 32.1. The Morgan fingerprint density at radius 1 is 1.10 bits per heavy atom. The molecule has 0 bridgehead atoms. The van der Waals surface area contributed by atoms with Crippen LogP contribution in [0.15, 0.2) is 48.7 Å². The number of hydrogen-bond acceptors (Lipinski definition) is 1. The van der Waals surface area contributed by atoms with Crippen molar-refractivity contribution in [3.63, 3.8) is 0 Å². The van der Waals surface area contributed by atoms with Crippen LogP contribution in [-0.4, -0.2) is 20.6 Å². The first-order valence-electron chi connectivity index (χ1n) is 10.1. The summed E-state index contributed by atoms with van der Waals surface area (Å²) in [4.78, 5) is 2.19. The van der Waals surface area contributed by atoms with Crippen molar-refractivity contribution in [2.24, 2.45) is 7.05 Å². The molecule has 3 nitrogen and oxygen atoms in total. The smallest absolute Gasteiger partial charge is 0.173 e. The summed E-state index contributed by atoms with van der Waals surface area (Å²) in [6, 6.07) is 12.0. The first kappa shape index (κ1) is 19.8. The standard InChI is InChI=1S/C23H25F2N3S/c1-27-14-16(21-9-5-6-10-22(21)27)15-28(20-7-3-2-4-8-20)23(29)26-19-12-17(24)11-18(25)13-19/h5-6,9-14,20H,2-4,7-8,15H2,1H3,(H,26,29). The van der Waals surface area contributed by atoms with Crippen LogP contribution in [0.25, 0.3) is 10.9 Å². The zero-order chi connectivity index (χ0) is 20.4. The second-order valence-corrected chi connectivity index (χ2v) is 8.18. The maximum absolute atomic E-state index is 13.6. The molecule has 1 aliphatic rings. The number of nitrogens with one attached hydrogen (secondary N) is 1. The van der Waals surface area contributed by atoms with Crippen LogP contribution in [0, 0.1) is 11.6 Å². The minimum absolute atomic E-state index is 0.320. The molecule has 1 fully saturated rings. The Morgan fingerprint density at radius 2 is 1.79 bits per heavy atom.